The molecule has 4 unspecified atom stereocenters. The number of hydrogen-bond acceptors (Lipinski definition) is 3. The fourth-order valence-electron chi connectivity index (χ4n) is 4.14. The van der Waals surface area contributed by atoms with E-state index < -0.39 is 23.0 Å². The molecule has 1 saturated carbocycles. The molecule has 0 spiro atoms. The molecule has 4 atom stereocenters. The zero-order valence-electron chi connectivity index (χ0n) is 15.5. The monoisotopic (exact) mass is 404 g/mol. The van der Waals surface area contributed by atoms with E-state index in [1.165, 1.54) is 12.1 Å². The Bertz CT molecular complexity index is 892. The van der Waals surface area contributed by atoms with Gasteiger partial charge in [-0.25, -0.2) is 8.78 Å². The molecule has 4 rings (SSSR count). The molecule has 2 fully saturated rings. The number of nitrogens with zero attached hydrogens (tertiary/aromatic N) is 1. The lowest BCUT2D eigenvalue weighted by Crippen LogP contribution is -2.38. The quantitative estimate of drug-likeness (QED) is 0.779. The molecule has 0 radical (unpaired) electrons. The first-order valence-electron chi connectivity index (χ1n) is 9.37. The van der Waals surface area contributed by atoms with Crippen molar-refractivity contribution in [1.29, 1.82) is 0 Å². The van der Waals surface area contributed by atoms with Crippen molar-refractivity contribution in [2.75, 3.05) is 19.3 Å². The van der Waals surface area contributed by atoms with Crippen molar-refractivity contribution >= 4 is 17.3 Å². The zero-order chi connectivity index (χ0) is 19.8. The van der Waals surface area contributed by atoms with E-state index in [1.807, 2.05) is 0 Å². The summed E-state index contributed by atoms with van der Waals surface area (Å²) >= 11 is -1.12. The van der Waals surface area contributed by atoms with Crippen LogP contribution in [0.5, 0.6) is 0 Å². The lowest BCUT2D eigenvalue weighted by atomic mass is 9.95. The van der Waals surface area contributed by atoms with Gasteiger partial charge in [-0.2, -0.15) is 0 Å². The lowest BCUT2D eigenvalue weighted by molar-refractivity contribution is -0.131. The number of rotatable bonds is 5. The standard InChI is InChI=1S/C21H22F2N2O2S/c1-28(27)24-13-9-10-25(12-13)21(26)17-11-16(17)20-15(6-4-8-19(20)23)14-5-2-3-7-18(14)22/h2-8,13,16-17,24H,9-12H2,1H3. The predicted octanol–water partition coefficient (Wildman–Crippen LogP) is 3.22. The second-order valence-corrected chi connectivity index (χ2v) is 8.62. The molecule has 7 heteroatoms. The Morgan fingerprint density at radius 1 is 1.14 bits per heavy atom. The Hall–Kier alpha value is -1.96. The van der Waals surface area contributed by atoms with Crippen LogP contribution < -0.4 is 4.72 Å². The van der Waals surface area contributed by atoms with Crippen LogP contribution in [0, 0.1) is 17.6 Å². The van der Waals surface area contributed by atoms with Crippen molar-refractivity contribution in [3.8, 4) is 11.1 Å². The van der Waals surface area contributed by atoms with Gasteiger partial charge in [0.2, 0.25) is 5.91 Å². The molecular formula is C21H22F2N2O2S. The Balaban J connectivity index is 1.53. The van der Waals surface area contributed by atoms with Crippen LogP contribution in [0.1, 0.15) is 24.3 Å². The number of amides is 1. The van der Waals surface area contributed by atoms with Crippen molar-refractivity contribution in [3.05, 3.63) is 59.7 Å². The molecule has 28 heavy (non-hydrogen) atoms. The van der Waals surface area contributed by atoms with Gasteiger partial charge in [-0.05, 0) is 42.0 Å². The van der Waals surface area contributed by atoms with Gasteiger partial charge in [0, 0.05) is 35.9 Å². The number of likely N-dealkylation sites (tertiary alicyclic amines) is 1. The van der Waals surface area contributed by atoms with Crippen molar-refractivity contribution < 1.29 is 18.1 Å². The average Bonchev–Trinajstić information content (AvgIpc) is 3.31. The molecule has 1 amide bonds. The number of halogens is 2. The summed E-state index contributed by atoms with van der Waals surface area (Å²) in [6.45, 7) is 1.12. The van der Waals surface area contributed by atoms with E-state index in [2.05, 4.69) is 4.72 Å². The Labute approximate surface area is 166 Å². The molecule has 0 bridgehead atoms. The SMILES string of the molecule is C[S+]([O-])NC1CCN(C(=O)C2CC2c2c(F)cccc2-c2ccccc2F)C1. The van der Waals surface area contributed by atoms with Crippen LogP contribution in [0.4, 0.5) is 8.78 Å². The van der Waals surface area contributed by atoms with Gasteiger partial charge < -0.3 is 9.45 Å². The Morgan fingerprint density at radius 2 is 1.86 bits per heavy atom. The third-order valence-electron chi connectivity index (χ3n) is 5.53. The number of hydrogen-bond donors (Lipinski definition) is 1. The molecule has 1 aliphatic heterocycles. The maximum absolute atomic E-state index is 14.7. The first-order chi connectivity index (χ1) is 13.5. The van der Waals surface area contributed by atoms with E-state index in [-0.39, 0.29) is 23.8 Å². The highest BCUT2D eigenvalue weighted by atomic mass is 32.2. The molecule has 2 aromatic carbocycles. The van der Waals surface area contributed by atoms with Gasteiger partial charge in [-0.3, -0.25) is 4.79 Å². The summed E-state index contributed by atoms with van der Waals surface area (Å²) in [7, 11) is 0. The largest absolute Gasteiger partial charge is 0.598 e. The van der Waals surface area contributed by atoms with Gasteiger partial charge in [0.1, 0.15) is 17.9 Å². The van der Waals surface area contributed by atoms with E-state index in [0.717, 1.165) is 6.42 Å². The summed E-state index contributed by atoms with van der Waals surface area (Å²) in [5.41, 5.74) is 1.29. The van der Waals surface area contributed by atoms with Crippen molar-refractivity contribution in [3.63, 3.8) is 0 Å². The number of carbonyl (C=O) groups is 1. The fourth-order valence-corrected chi connectivity index (χ4v) is 4.80. The van der Waals surface area contributed by atoms with Crippen LogP contribution in [-0.4, -0.2) is 40.7 Å². The summed E-state index contributed by atoms with van der Waals surface area (Å²) in [5, 5.41) is 0. The first kappa shape index (κ1) is 19.4. The summed E-state index contributed by atoms with van der Waals surface area (Å²) in [4.78, 5) is 14.6. The topological polar surface area (TPSA) is 55.4 Å². The molecular weight excluding hydrogens is 382 g/mol. The van der Waals surface area contributed by atoms with Crippen LogP contribution in [-0.2, 0) is 16.2 Å². The van der Waals surface area contributed by atoms with Crippen LogP contribution >= 0.6 is 0 Å². The number of carbonyl (C=O) groups excluding carboxylic acids is 1. The minimum atomic E-state index is -1.12. The predicted molar refractivity (Wildman–Crippen MR) is 105 cm³/mol. The van der Waals surface area contributed by atoms with E-state index in [4.69, 9.17) is 0 Å². The average molecular weight is 404 g/mol. The van der Waals surface area contributed by atoms with Crippen molar-refractivity contribution in [2.45, 2.75) is 24.8 Å². The smallest absolute Gasteiger partial charge is 0.226 e. The third kappa shape index (κ3) is 3.79. The molecule has 148 valence electrons. The van der Waals surface area contributed by atoms with Gasteiger partial charge in [-0.1, -0.05) is 30.3 Å². The second-order valence-electron chi connectivity index (χ2n) is 7.47. The minimum Gasteiger partial charge on any atom is -0.598 e. The second kappa shape index (κ2) is 7.81. The maximum atomic E-state index is 14.7. The van der Waals surface area contributed by atoms with E-state index in [0.29, 0.717) is 36.2 Å². The first-order valence-corrected chi connectivity index (χ1v) is 10.9. The van der Waals surface area contributed by atoms with Crippen molar-refractivity contribution in [1.82, 2.24) is 9.62 Å². The summed E-state index contributed by atoms with van der Waals surface area (Å²) in [6, 6.07) is 11.0. The van der Waals surface area contributed by atoms with E-state index in [9.17, 15) is 18.1 Å². The van der Waals surface area contributed by atoms with Gasteiger partial charge in [0.25, 0.3) is 0 Å². The van der Waals surface area contributed by atoms with Gasteiger partial charge in [0.15, 0.2) is 0 Å². The fraction of sp³-hybridized carbons (Fsp3) is 0.381. The van der Waals surface area contributed by atoms with Gasteiger partial charge in [0.05, 0.1) is 6.04 Å². The van der Waals surface area contributed by atoms with Gasteiger partial charge in [-0.15, -0.1) is 4.72 Å². The van der Waals surface area contributed by atoms with E-state index >= 15 is 0 Å². The normalized spacial score (nSPS) is 25.0. The van der Waals surface area contributed by atoms with Crippen LogP contribution in [0.25, 0.3) is 11.1 Å². The van der Waals surface area contributed by atoms with Crippen LogP contribution in [0.15, 0.2) is 42.5 Å². The maximum Gasteiger partial charge on any atom is 0.226 e. The van der Waals surface area contributed by atoms with Crippen molar-refractivity contribution in [2.24, 2.45) is 5.92 Å². The molecule has 4 nitrogen and oxygen atoms in total. The van der Waals surface area contributed by atoms with Crippen LogP contribution in [0.2, 0.25) is 0 Å². The molecule has 1 saturated heterocycles. The number of benzene rings is 2. The molecule has 1 N–H and O–H groups in total. The highest BCUT2D eigenvalue weighted by Gasteiger charge is 2.49. The van der Waals surface area contributed by atoms with Crippen LogP contribution in [0.3, 0.4) is 0 Å². The molecule has 1 heterocycles. The number of nitrogens with one attached hydrogen (secondary N) is 1. The Morgan fingerprint density at radius 3 is 2.61 bits per heavy atom. The summed E-state index contributed by atoms with van der Waals surface area (Å²) in [6.07, 6.45) is 2.89. The third-order valence-corrected chi connectivity index (χ3v) is 6.19. The summed E-state index contributed by atoms with van der Waals surface area (Å²) < 4.78 is 43.2. The highest BCUT2D eigenvalue weighted by Crippen LogP contribution is 2.52. The minimum absolute atomic E-state index is 0.000998. The molecule has 0 aromatic heterocycles. The highest BCUT2D eigenvalue weighted by molar-refractivity contribution is 7.88. The molecule has 2 aliphatic rings. The van der Waals surface area contributed by atoms with Gasteiger partial charge >= 0.3 is 0 Å². The molecule has 1 aliphatic carbocycles. The van der Waals surface area contributed by atoms with E-state index in [1.54, 1.807) is 41.5 Å². The summed E-state index contributed by atoms with van der Waals surface area (Å²) in [5.74, 6) is -1.33. The lowest BCUT2D eigenvalue weighted by Gasteiger charge is -2.18. The Kier molecular flexibility index (Phi) is 5.40. The molecule has 2 aromatic rings. The zero-order valence-corrected chi connectivity index (χ0v) is 16.3.